The third kappa shape index (κ3) is 1.09. The zero-order chi connectivity index (χ0) is 7.84. The number of halogens is 2. The van der Waals surface area contributed by atoms with Crippen molar-refractivity contribution in [2.75, 3.05) is 11.9 Å². The average Bonchev–Trinajstić information content (AvgIpc) is 2.45. The Morgan fingerprint density at radius 1 is 1.27 bits per heavy atom. The lowest BCUT2D eigenvalue weighted by molar-refractivity contribution is 1.11. The summed E-state index contributed by atoms with van der Waals surface area (Å²) in [6.45, 7) is 0.968. The molecular weight excluding hydrogens is 181 g/mol. The van der Waals surface area contributed by atoms with Gasteiger partial charge in [-0.3, -0.25) is 0 Å². The van der Waals surface area contributed by atoms with Gasteiger partial charge in [0.05, 0.1) is 15.7 Å². The molecule has 0 amide bonds. The van der Waals surface area contributed by atoms with Crippen molar-refractivity contribution in [1.82, 2.24) is 0 Å². The van der Waals surface area contributed by atoms with Gasteiger partial charge in [0.2, 0.25) is 0 Å². The van der Waals surface area contributed by atoms with E-state index in [-0.39, 0.29) is 0 Å². The van der Waals surface area contributed by atoms with Crippen LogP contribution in [-0.4, -0.2) is 6.54 Å². The summed E-state index contributed by atoms with van der Waals surface area (Å²) in [5.74, 6) is 0. The quantitative estimate of drug-likeness (QED) is 0.659. The average molecular weight is 188 g/mol. The molecule has 1 aromatic rings. The number of nitrogens with one attached hydrogen (secondary N) is 1. The van der Waals surface area contributed by atoms with Gasteiger partial charge in [-0.1, -0.05) is 29.3 Å². The second-order valence-corrected chi connectivity index (χ2v) is 3.36. The van der Waals surface area contributed by atoms with Crippen LogP contribution in [0.25, 0.3) is 0 Å². The SMILES string of the molecule is Clc1ccc2c(c1Cl)NCC2. The molecule has 0 spiro atoms. The summed E-state index contributed by atoms with van der Waals surface area (Å²) in [5.41, 5.74) is 2.28. The van der Waals surface area contributed by atoms with Gasteiger partial charge in [0.1, 0.15) is 0 Å². The zero-order valence-corrected chi connectivity index (χ0v) is 7.34. The number of benzene rings is 1. The van der Waals surface area contributed by atoms with Gasteiger partial charge in [0.15, 0.2) is 0 Å². The number of rotatable bonds is 0. The van der Waals surface area contributed by atoms with Gasteiger partial charge < -0.3 is 5.32 Å². The highest BCUT2D eigenvalue weighted by Crippen LogP contribution is 2.35. The summed E-state index contributed by atoms with van der Waals surface area (Å²) in [5, 5.41) is 4.47. The Morgan fingerprint density at radius 3 is 2.91 bits per heavy atom. The van der Waals surface area contributed by atoms with Crippen molar-refractivity contribution in [3.8, 4) is 0 Å². The van der Waals surface area contributed by atoms with E-state index in [1.165, 1.54) is 5.56 Å². The minimum absolute atomic E-state index is 0.625. The van der Waals surface area contributed by atoms with E-state index >= 15 is 0 Å². The van der Waals surface area contributed by atoms with E-state index in [4.69, 9.17) is 23.2 Å². The van der Waals surface area contributed by atoms with Crippen LogP contribution >= 0.6 is 23.2 Å². The predicted molar refractivity (Wildman–Crippen MR) is 48.7 cm³/mol. The molecule has 0 fully saturated rings. The zero-order valence-electron chi connectivity index (χ0n) is 5.82. The highest BCUT2D eigenvalue weighted by molar-refractivity contribution is 6.43. The standard InChI is InChI=1S/C8H7Cl2N/c9-6-2-1-5-3-4-11-8(5)7(6)10/h1-2,11H,3-4H2. The summed E-state index contributed by atoms with van der Waals surface area (Å²) in [4.78, 5) is 0. The van der Waals surface area contributed by atoms with Gasteiger partial charge in [-0.05, 0) is 18.1 Å². The summed E-state index contributed by atoms with van der Waals surface area (Å²) < 4.78 is 0. The molecule has 0 unspecified atom stereocenters. The molecule has 1 N–H and O–H groups in total. The van der Waals surface area contributed by atoms with Crippen molar-refractivity contribution in [3.05, 3.63) is 27.7 Å². The maximum absolute atomic E-state index is 5.94. The Kier molecular flexibility index (Phi) is 1.70. The van der Waals surface area contributed by atoms with Crippen LogP contribution in [0.5, 0.6) is 0 Å². The first kappa shape index (κ1) is 7.26. The van der Waals surface area contributed by atoms with E-state index in [9.17, 15) is 0 Å². The first-order valence-corrected chi connectivity index (χ1v) is 4.25. The smallest absolute Gasteiger partial charge is 0.0826 e. The summed E-state index contributed by atoms with van der Waals surface area (Å²) in [6.07, 6.45) is 1.05. The van der Waals surface area contributed by atoms with Gasteiger partial charge in [-0.25, -0.2) is 0 Å². The van der Waals surface area contributed by atoms with E-state index in [0.29, 0.717) is 10.0 Å². The van der Waals surface area contributed by atoms with Crippen LogP contribution in [0.2, 0.25) is 10.0 Å². The van der Waals surface area contributed by atoms with E-state index in [2.05, 4.69) is 5.32 Å². The maximum Gasteiger partial charge on any atom is 0.0826 e. The van der Waals surface area contributed by atoms with Crippen LogP contribution in [0.1, 0.15) is 5.56 Å². The molecule has 1 heterocycles. The van der Waals surface area contributed by atoms with Gasteiger partial charge in [0.25, 0.3) is 0 Å². The molecule has 58 valence electrons. The summed E-state index contributed by atoms with van der Waals surface area (Å²) in [7, 11) is 0. The van der Waals surface area contributed by atoms with Crippen molar-refractivity contribution in [3.63, 3.8) is 0 Å². The lowest BCUT2D eigenvalue weighted by atomic mass is 10.2. The lowest BCUT2D eigenvalue weighted by Gasteiger charge is -2.03. The fraction of sp³-hybridized carbons (Fsp3) is 0.250. The molecule has 3 heteroatoms. The second-order valence-electron chi connectivity index (χ2n) is 2.57. The summed E-state index contributed by atoms with van der Waals surface area (Å²) in [6, 6.07) is 3.86. The van der Waals surface area contributed by atoms with Crippen molar-refractivity contribution < 1.29 is 0 Å². The van der Waals surface area contributed by atoms with Crippen molar-refractivity contribution in [2.45, 2.75) is 6.42 Å². The van der Waals surface area contributed by atoms with Crippen LogP contribution in [0, 0.1) is 0 Å². The number of hydrogen-bond donors (Lipinski definition) is 1. The van der Waals surface area contributed by atoms with E-state index in [1.54, 1.807) is 0 Å². The molecule has 0 atom stereocenters. The fourth-order valence-electron chi connectivity index (χ4n) is 1.31. The molecule has 0 saturated carbocycles. The number of anilines is 1. The molecule has 0 aliphatic carbocycles. The predicted octanol–water partition coefficient (Wildman–Crippen LogP) is 2.96. The largest absolute Gasteiger partial charge is 0.383 e. The Morgan fingerprint density at radius 2 is 2.09 bits per heavy atom. The second kappa shape index (κ2) is 2.58. The molecular formula is C8H7Cl2N. The Labute approximate surface area is 75.3 Å². The van der Waals surface area contributed by atoms with Crippen molar-refractivity contribution in [2.24, 2.45) is 0 Å². The third-order valence-corrected chi connectivity index (χ3v) is 2.68. The number of fused-ring (bicyclic) bond motifs is 1. The van der Waals surface area contributed by atoms with Crippen LogP contribution in [0.3, 0.4) is 0 Å². The Bertz CT molecular complexity index is 296. The topological polar surface area (TPSA) is 12.0 Å². The van der Waals surface area contributed by atoms with Gasteiger partial charge in [-0.15, -0.1) is 0 Å². The molecule has 1 aliphatic heterocycles. The van der Waals surface area contributed by atoms with Crippen LogP contribution in [-0.2, 0) is 6.42 Å². The highest BCUT2D eigenvalue weighted by Gasteiger charge is 2.14. The van der Waals surface area contributed by atoms with Gasteiger partial charge in [0, 0.05) is 6.54 Å². The third-order valence-electron chi connectivity index (χ3n) is 1.88. The van der Waals surface area contributed by atoms with E-state index in [1.807, 2.05) is 12.1 Å². The minimum Gasteiger partial charge on any atom is -0.383 e. The first-order chi connectivity index (χ1) is 5.29. The van der Waals surface area contributed by atoms with Crippen molar-refractivity contribution >= 4 is 28.9 Å². The Balaban J connectivity index is 2.62. The molecule has 1 nitrogen and oxygen atoms in total. The molecule has 1 aromatic carbocycles. The molecule has 0 bridgehead atoms. The minimum atomic E-state index is 0.625. The molecule has 1 aliphatic rings. The fourth-order valence-corrected chi connectivity index (χ4v) is 1.72. The highest BCUT2D eigenvalue weighted by atomic mass is 35.5. The van der Waals surface area contributed by atoms with E-state index < -0.39 is 0 Å². The molecule has 11 heavy (non-hydrogen) atoms. The summed E-state index contributed by atoms with van der Waals surface area (Å²) >= 11 is 11.8. The van der Waals surface area contributed by atoms with Crippen LogP contribution in [0.4, 0.5) is 5.69 Å². The lowest BCUT2D eigenvalue weighted by Crippen LogP contribution is -1.91. The molecule has 0 aromatic heterocycles. The number of hydrogen-bond acceptors (Lipinski definition) is 1. The monoisotopic (exact) mass is 187 g/mol. The Hall–Kier alpha value is -0.400. The van der Waals surface area contributed by atoms with Crippen LogP contribution in [0.15, 0.2) is 12.1 Å². The normalized spacial score (nSPS) is 14.4. The van der Waals surface area contributed by atoms with E-state index in [0.717, 1.165) is 18.7 Å². The molecule has 2 rings (SSSR count). The van der Waals surface area contributed by atoms with Crippen LogP contribution < -0.4 is 5.32 Å². The van der Waals surface area contributed by atoms with Gasteiger partial charge in [-0.2, -0.15) is 0 Å². The first-order valence-electron chi connectivity index (χ1n) is 3.50. The maximum atomic E-state index is 5.94. The van der Waals surface area contributed by atoms with Gasteiger partial charge >= 0.3 is 0 Å². The van der Waals surface area contributed by atoms with Crippen molar-refractivity contribution in [1.29, 1.82) is 0 Å². The molecule has 0 radical (unpaired) electrons. The molecule has 0 saturated heterocycles.